The summed E-state index contributed by atoms with van der Waals surface area (Å²) >= 11 is 0. The van der Waals surface area contributed by atoms with Crippen molar-refractivity contribution in [2.75, 3.05) is 41.9 Å². The predicted octanol–water partition coefficient (Wildman–Crippen LogP) is 4.31. The number of hydrogen-bond donors (Lipinski definition) is 0. The number of nitrogens with zero attached hydrogens (tertiary/aromatic N) is 1. The summed E-state index contributed by atoms with van der Waals surface area (Å²) in [5, 5.41) is 0. The first-order valence-electron chi connectivity index (χ1n) is 10.8. The summed E-state index contributed by atoms with van der Waals surface area (Å²) in [5.41, 5.74) is 2.06. The van der Waals surface area contributed by atoms with Gasteiger partial charge in [0.1, 0.15) is 18.0 Å². The van der Waals surface area contributed by atoms with Gasteiger partial charge in [0.2, 0.25) is 0 Å². The van der Waals surface area contributed by atoms with Gasteiger partial charge in [-0.05, 0) is 41.8 Å². The lowest BCUT2D eigenvalue weighted by Gasteiger charge is -2.30. The minimum atomic E-state index is -0.757. The van der Waals surface area contributed by atoms with Gasteiger partial charge in [0, 0.05) is 0 Å². The van der Waals surface area contributed by atoms with E-state index in [4.69, 9.17) is 23.4 Å². The number of benzene rings is 2. The second-order valence-corrected chi connectivity index (χ2v) is 8.63. The molecular formula is C24H37BNO5+. The van der Waals surface area contributed by atoms with E-state index in [2.05, 4.69) is 28.1 Å². The fraction of sp³-hybridized carbons (Fsp3) is 0.500. The molecule has 0 saturated heterocycles. The zero-order valence-electron chi connectivity index (χ0n) is 19.8. The van der Waals surface area contributed by atoms with Crippen LogP contribution in [0.5, 0.6) is 11.5 Å². The Hall–Kier alpha value is -2.06. The van der Waals surface area contributed by atoms with Crippen molar-refractivity contribution in [2.45, 2.75) is 39.1 Å². The topological polar surface area (TPSA) is 46.2 Å². The zero-order chi connectivity index (χ0) is 22.7. The van der Waals surface area contributed by atoms with Gasteiger partial charge in [-0.25, -0.2) is 0 Å². The van der Waals surface area contributed by atoms with Gasteiger partial charge < -0.3 is 27.9 Å². The van der Waals surface area contributed by atoms with Gasteiger partial charge in [0.15, 0.2) is 0 Å². The minimum absolute atomic E-state index is 0.0433. The molecule has 0 fully saturated rings. The van der Waals surface area contributed by atoms with Crippen molar-refractivity contribution < 1.29 is 27.9 Å². The molecule has 31 heavy (non-hydrogen) atoms. The van der Waals surface area contributed by atoms with E-state index in [1.54, 1.807) is 14.2 Å². The van der Waals surface area contributed by atoms with Crippen LogP contribution in [0.15, 0.2) is 48.5 Å². The maximum absolute atomic E-state index is 6.29. The van der Waals surface area contributed by atoms with Crippen LogP contribution in [0.3, 0.4) is 0 Å². The molecule has 0 aliphatic rings. The zero-order valence-corrected chi connectivity index (χ0v) is 19.8. The maximum Gasteiger partial charge on any atom is 0.640 e. The largest absolute Gasteiger partial charge is 0.640 e. The molecule has 2 aromatic rings. The molecule has 0 amide bonds. The monoisotopic (exact) mass is 430 g/mol. The average Bonchev–Trinajstić information content (AvgIpc) is 2.75. The average molecular weight is 430 g/mol. The Morgan fingerprint density at radius 3 is 1.58 bits per heavy atom. The van der Waals surface area contributed by atoms with Crippen LogP contribution >= 0.6 is 0 Å². The van der Waals surface area contributed by atoms with E-state index in [1.807, 2.05) is 48.5 Å². The highest BCUT2D eigenvalue weighted by Gasteiger charge is 2.29. The van der Waals surface area contributed by atoms with Crippen LogP contribution in [0, 0.1) is 0 Å². The Labute approximate surface area is 187 Å². The summed E-state index contributed by atoms with van der Waals surface area (Å²) in [7, 11) is 9.05. The lowest BCUT2D eigenvalue weighted by Crippen LogP contribution is -2.45. The molecule has 1 unspecified atom stereocenters. The minimum Gasteiger partial charge on any atom is -0.497 e. The van der Waals surface area contributed by atoms with Crippen molar-refractivity contribution in [3.05, 3.63) is 59.7 Å². The third-order valence-corrected chi connectivity index (χ3v) is 4.76. The van der Waals surface area contributed by atoms with Crippen molar-refractivity contribution in [3.8, 4) is 11.5 Å². The molecule has 7 heteroatoms. The number of ether oxygens (including phenoxy) is 2. The van der Waals surface area contributed by atoms with Gasteiger partial charge in [0.25, 0.3) is 0 Å². The first kappa shape index (κ1) is 25.2. The molecule has 0 N–H and O–H groups in total. The molecule has 2 aromatic carbocycles. The van der Waals surface area contributed by atoms with Crippen LogP contribution in [-0.4, -0.2) is 59.8 Å². The summed E-state index contributed by atoms with van der Waals surface area (Å²) in [4.78, 5) is 0. The van der Waals surface area contributed by atoms with Crippen molar-refractivity contribution >= 4 is 7.32 Å². The molecule has 0 bridgehead atoms. The summed E-state index contributed by atoms with van der Waals surface area (Å²) in [6, 6.07) is 15.6. The predicted molar refractivity (Wildman–Crippen MR) is 124 cm³/mol. The molecule has 170 valence electrons. The Bertz CT molecular complexity index is 695. The van der Waals surface area contributed by atoms with E-state index in [0.717, 1.165) is 46.5 Å². The van der Waals surface area contributed by atoms with E-state index < -0.39 is 7.32 Å². The third kappa shape index (κ3) is 9.74. The van der Waals surface area contributed by atoms with Crippen molar-refractivity contribution in [1.29, 1.82) is 0 Å². The van der Waals surface area contributed by atoms with Crippen LogP contribution in [0.25, 0.3) is 0 Å². The summed E-state index contributed by atoms with van der Waals surface area (Å²) < 4.78 is 29.6. The van der Waals surface area contributed by atoms with E-state index in [1.165, 1.54) is 0 Å². The Morgan fingerprint density at radius 1 is 0.774 bits per heavy atom. The van der Waals surface area contributed by atoms with Crippen LogP contribution in [0.2, 0.25) is 0 Å². The van der Waals surface area contributed by atoms with Gasteiger partial charge in [0.05, 0.1) is 54.7 Å². The maximum atomic E-state index is 6.29. The molecule has 0 saturated carbocycles. The second-order valence-electron chi connectivity index (χ2n) is 8.63. The Morgan fingerprint density at radius 2 is 1.23 bits per heavy atom. The van der Waals surface area contributed by atoms with E-state index in [9.17, 15) is 0 Å². The molecule has 0 spiro atoms. The summed E-state index contributed by atoms with van der Waals surface area (Å²) in [5.74, 6) is 1.64. The van der Waals surface area contributed by atoms with Crippen LogP contribution < -0.4 is 9.47 Å². The first-order valence-corrected chi connectivity index (χ1v) is 10.8. The molecule has 0 heterocycles. The fourth-order valence-electron chi connectivity index (χ4n) is 3.19. The van der Waals surface area contributed by atoms with Gasteiger partial charge in [-0.1, -0.05) is 37.6 Å². The SMILES string of the molecule is CCCC(C[N+](C)(C)C)OB(OCc1ccc(OC)cc1)OCc1ccc(OC)cc1. The number of likely N-dealkylation sites (N-methyl/N-ethyl adjacent to an activating group) is 1. The quantitative estimate of drug-likeness (QED) is 0.330. The van der Waals surface area contributed by atoms with Crippen molar-refractivity contribution in [1.82, 2.24) is 0 Å². The summed E-state index contributed by atoms with van der Waals surface area (Å²) in [6.07, 6.45) is 2.03. The van der Waals surface area contributed by atoms with Gasteiger partial charge in [-0.2, -0.15) is 0 Å². The molecule has 1 atom stereocenters. The number of quaternary nitrogens is 1. The molecule has 0 radical (unpaired) electrons. The molecule has 0 aliphatic heterocycles. The van der Waals surface area contributed by atoms with Crippen molar-refractivity contribution in [2.24, 2.45) is 0 Å². The highest BCUT2D eigenvalue weighted by atomic mass is 16.7. The van der Waals surface area contributed by atoms with E-state index in [0.29, 0.717) is 13.2 Å². The highest BCUT2D eigenvalue weighted by molar-refractivity contribution is 6.36. The highest BCUT2D eigenvalue weighted by Crippen LogP contribution is 2.16. The molecule has 2 rings (SSSR count). The van der Waals surface area contributed by atoms with Gasteiger partial charge >= 0.3 is 7.32 Å². The number of rotatable bonds is 14. The molecule has 6 nitrogen and oxygen atoms in total. The molecule has 0 aliphatic carbocycles. The van der Waals surface area contributed by atoms with E-state index in [-0.39, 0.29) is 6.10 Å². The Kier molecular flexibility index (Phi) is 10.3. The van der Waals surface area contributed by atoms with Gasteiger partial charge in [-0.3, -0.25) is 0 Å². The standard InChI is InChI=1S/C24H37BNO5/c1-7-8-24(17-26(2,3)4)31-25(29-18-20-9-13-22(27-5)14-10-20)30-19-21-11-15-23(28-6)16-12-21/h9-16,24H,7-8,17-19H2,1-6H3/q+1. The molecule has 0 aromatic heterocycles. The second kappa shape index (κ2) is 12.7. The van der Waals surface area contributed by atoms with Crippen LogP contribution in [-0.2, 0) is 27.2 Å². The first-order chi connectivity index (χ1) is 14.8. The van der Waals surface area contributed by atoms with E-state index >= 15 is 0 Å². The lowest BCUT2D eigenvalue weighted by atomic mass is 10.1. The summed E-state index contributed by atoms with van der Waals surface area (Å²) in [6.45, 7) is 3.82. The lowest BCUT2D eigenvalue weighted by molar-refractivity contribution is -0.873. The van der Waals surface area contributed by atoms with Crippen molar-refractivity contribution in [3.63, 3.8) is 0 Å². The van der Waals surface area contributed by atoms with Gasteiger partial charge in [-0.15, -0.1) is 0 Å². The molecular weight excluding hydrogens is 393 g/mol. The number of hydrogen-bond acceptors (Lipinski definition) is 5. The van der Waals surface area contributed by atoms with Crippen LogP contribution in [0.4, 0.5) is 0 Å². The normalized spacial score (nSPS) is 12.5. The number of methoxy groups -OCH3 is 2. The fourth-order valence-corrected chi connectivity index (χ4v) is 3.19. The smallest absolute Gasteiger partial charge is 0.497 e. The Balaban J connectivity index is 2.03. The third-order valence-electron chi connectivity index (χ3n) is 4.76. The van der Waals surface area contributed by atoms with Crippen LogP contribution in [0.1, 0.15) is 30.9 Å².